The van der Waals surface area contributed by atoms with Gasteiger partial charge in [0.1, 0.15) is 0 Å². The van der Waals surface area contributed by atoms with Gasteiger partial charge < -0.3 is 4.74 Å². The Morgan fingerprint density at radius 1 is 1.10 bits per heavy atom. The molecule has 1 aromatic heterocycles. The number of rotatable bonds is 4. The molecule has 0 amide bonds. The van der Waals surface area contributed by atoms with E-state index in [0.717, 1.165) is 58.8 Å². The monoisotopic (exact) mass is 275 g/mol. The van der Waals surface area contributed by atoms with Crippen molar-refractivity contribution in [2.75, 3.05) is 45.9 Å². The fraction of sp³-hybridized carbons (Fsp3) is 0.688. The summed E-state index contributed by atoms with van der Waals surface area (Å²) in [6.45, 7) is 10.7. The third kappa shape index (κ3) is 3.37. The SMILES string of the molecule is CCc1ccc2c(n1)CCN(CCN1CCOCC1)C2. The van der Waals surface area contributed by atoms with Crippen molar-refractivity contribution in [3.63, 3.8) is 0 Å². The molecule has 1 saturated heterocycles. The van der Waals surface area contributed by atoms with Crippen molar-refractivity contribution in [1.82, 2.24) is 14.8 Å². The summed E-state index contributed by atoms with van der Waals surface area (Å²) < 4.78 is 5.40. The lowest BCUT2D eigenvalue weighted by Crippen LogP contribution is -2.42. The van der Waals surface area contributed by atoms with E-state index in [0.29, 0.717) is 0 Å². The van der Waals surface area contributed by atoms with Crippen molar-refractivity contribution in [2.24, 2.45) is 0 Å². The molecular formula is C16H25N3O. The largest absolute Gasteiger partial charge is 0.379 e. The van der Waals surface area contributed by atoms with Gasteiger partial charge in [-0.15, -0.1) is 0 Å². The van der Waals surface area contributed by atoms with Gasteiger partial charge in [-0.2, -0.15) is 0 Å². The molecule has 0 atom stereocenters. The molecule has 1 aromatic rings. The van der Waals surface area contributed by atoms with E-state index in [1.165, 1.54) is 23.5 Å². The lowest BCUT2D eigenvalue weighted by molar-refractivity contribution is 0.0326. The van der Waals surface area contributed by atoms with Gasteiger partial charge in [-0.1, -0.05) is 13.0 Å². The third-order valence-electron chi connectivity index (χ3n) is 4.38. The zero-order valence-electron chi connectivity index (χ0n) is 12.5. The van der Waals surface area contributed by atoms with Crippen LogP contribution >= 0.6 is 0 Å². The maximum atomic E-state index is 5.40. The van der Waals surface area contributed by atoms with Crippen LogP contribution in [-0.2, 0) is 24.1 Å². The van der Waals surface area contributed by atoms with Gasteiger partial charge in [-0.3, -0.25) is 14.8 Å². The zero-order chi connectivity index (χ0) is 13.8. The van der Waals surface area contributed by atoms with Crippen molar-refractivity contribution in [3.8, 4) is 0 Å². The van der Waals surface area contributed by atoms with Crippen molar-refractivity contribution >= 4 is 0 Å². The van der Waals surface area contributed by atoms with Crippen LogP contribution in [0.4, 0.5) is 0 Å². The summed E-state index contributed by atoms with van der Waals surface area (Å²) in [6, 6.07) is 4.46. The van der Waals surface area contributed by atoms with Gasteiger partial charge >= 0.3 is 0 Å². The van der Waals surface area contributed by atoms with Crippen LogP contribution in [0.2, 0.25) is 0 Å². The number of fused-ring (bicyclic) bond motifs is 1. The van der Waals surface area contributed by atoms with Crippen LogP contribution in [0.1, 0.15) is 23.9 Å². The van der Waals surface area contributed by atoms with E-state index in [4.69, 9.17) is 9.72 Å². The normalized spacial score (nSPS) is 20.9. The molecular weight excluding hydrogens is 250 g/mol. The number of aromatic nitrogens is 1. The summed E-state index contributed by atoms with van der Waals surface area (Å²) in [6.07, 6.45) is 2.14. The minimum atomic E-state index is 0.895. The van der Waals surface area contributed by atoms with Gasteiger partial charge in [0.15, 0.2) is 0 Å². The molecule has 2 aliphatic heterocycles. The van der Waals surface area contributed by atoms with Crippen LogP contribution in [0.3, 0.4) is 0 Å². The van der Waals surface area contributed by atoms with E-state index in [2.05, 4.69) is 28.9 Å². The van der Waals surface area contributed by atoms with Crippen molar-refractivity contribution in [3.05, 3.63) is 29.1 Å². The van der Waals surface area contributed by atoms with E-state index < -0.39 is 0 Å². The molecule has 4 heteroatoms. The molecule has 110 valence electrons. The first-order chi connectivity index (χ1) is 9.85. The molecule has 20 heavy (non-hydrogen) atoms. The summed E-state index contributed by atoms with van der Waals surface area (Å²) in [5.74, 6) is 0. The molecule has 0 aromatic carbocycles. The first-order valence-electron chi connectivity index (χ1n) is 7.85. The standard InChI is InChI=1S/C16H25N3O/c1-2-15-4-3-14-13-19(6-5-16(14)17-15)8-7-18-9-11-20-12-10-18/h3-4H,2,5-13H2,1H3. The predicted molar refractivity (Wildman–Crippen MR) is 79.9 cm³/mol. The Labute approximate surface area is 121 Å². The van der Waals surface area contributed by atoms with Crippen LogP contribution in [0.25, 0.3) is 0 Å². The molecule has 3 heterocycles. The van der Waals surface area contributed by atoms with Crippen molar-refractivity contribution in [2.45, 2.75) is 26.3 Å². The van der Waals surface area contributed by atoms with Crippen LogP contribution < -0.4 is 0 Å². The molecule has 4 nitrogen and oxygen atoms in total. The van der Waals surface area contributed by atoms with E-state index in [1.54, 1.807) is 0 Å². The molecule has 0 N–H and O–H groups in total. The Balaban J connectivity index is 1.53. The van der Waals surface area contributed by atoms with E-state index >= 15 is 0 Å². The zero-order valence-corrected chi connectivity index (χ0v) is 12.5. The summed E-state index contributed by atoms with van der Waals surface area (Å²) in [7, 11) is 0. The second-order valence-electron chi connectivity index (χ2n) is 5.74. The molecule has 0 saturated carbocycles. The maximum absolute atomic E-state index is 5.40. The van der Waals surface area contributed by atoms with E-state index in [1.807, 2.05) is 0 Å². The second kappa shape index (κ2) is 6.66. The molecule has 2 aliphatic rings. The molecule has 0 bridgehead atoms. The summed E-state index contributed by atoms with van der Waals surface area (Å²) in [5.41, 5.74) is 3.98. The number of hydrogen-bond acceptors (Lipinski definition) is 4. The van der Waals surface area contributed by atoms with Crippen LogP contribution in [0, 0.1) is 0 Å². The first kappa shape index (κ1) is 14.0. The van der Waals surface area contributed by atoms with Crippen molar-refractivity contribution < 1.29 is 4.74 Å². The fourth-order valence-corrected chi connectivity index (χ4v) is 3.02. The third-order valence-corrected chi connectivity index (χ3v) is 4.38. The lowest BCUT2D eigenvalue weighted by Gasteiger charge is -2.32. The number of ether oxygens (including phenoxy) is 1. The number of pyridine rings is 1. The van der Waals surface area contributed by atoms with Crippen LogP contribution in [0.5, 0.6) is 0 Å². The summed E-state index contributed by atoms with van der Waals surface area (Å²) in [5, 5.41) is 0. The fourth-order valence-electron chi connectivity index (χ4n) is 3.02. The summed E-state index contributed by atoms with van der Waals surface area (Å²) >= 11 is 0. The van der Waals surface area contributed by atoms with E-state index in [-0.39, 0.29) is 0 Å². The van der Waals surface area contributed by atoms with E-state index in [9.17, 15) is 0 Å². The van der Waals surface area contributed by atoms with Crippen LogP contribution in [-0.4, -0.2) is 60.7 Å². The minimum absolute atomic E-state index is 0.895. The molecule has 0 spiro atoms. The number of aryl methyl sites for hydroxylation is 1. The highest BCUT2D eigenvalue weighted by molar-refractivity contribution is 5.25. The second-order valence-corrected chi connectivity index (χ2v) is 5.74. The van der Waals surface area contributed by atoms with Gasteiger partial charge in [0.2, 0.25) is 0 Å². The van der Waals surface area contributed by atoms with Gasteiger partial charge in [-0.05, 0) is 18.1 Å². The molecule has 0 aliphatic carbocycles. The van der Waals surface area contributed by atoms with Gasteiger partial charge in [-0.25, -0.2) is 0 Å². The highest BCUT2D eigenvalue weighted by Gasteiger charge is 2.18. The summed E-state index contributed by atoms with van der Waals surface area (Å²) in [4.78, 5) is 9.83. The lowest BCUT2D eigenvalue weighted by atomic mass is 10.0. The molecule has 0 radical (unpaired) electrons. The minimum Gasteiger partial charge on any atom is -0.379 e. The molecule has 3 rings (SSSR count). The number of nitrogens with zero attached hydrogens (tertiary/aromatic N) is 3. The molecule has 1 fully saturated rings. The Kier molecular flexibility index (Phi) is 4.65. The quantitative estimate of drug-likeness (QED) is 0.829. The smallest absolute Gasteiger partial charge is 0.0594 e. The highest BCUT2D eigenvalue weighted by Crippen LogP contribution is 2.17. The predicted octanol–water partition coefficient (Wildman–Crippen LogP) is 1.33. The Morgan fingerprint density at radius 2 is 1.90 bits per heavy atom. The van der Waals surface area contributed by atoms with Gasteiger partial charge in [0.05, 0.1) is 13.2 Å². The van der Waals surface area contributed by atoms with Gasteiger partial charge in [0, 0.05) is 57.1 Å². The van der Waals surface area contributed by atoms with Crippen molar-refractivity contribution in [1.29, 1.82) is 0 Å². The average molecular weight is 275 g/mol. The topological polar surface area (TPSA) is 28.6 Å². The maximum Gasteiger partial charge on any atom is 0.0594 e. The first-order valence-corrected chi connectivity index (χ1v) is 7.85. The average Bonchev–Trinajstić information content (AvgIpc) is 2.53. The Bertz CT molecular complexity index is 443. The highest BCUT2D eigenvalue weighted by atomic mass is 16.5. The number of morpholine rings is 1. The Hall–Kier alpha value is -0.970. The van der Waals surface area contributed by atoms with Crippen LogP contribution in [0.15, 0.2) is 12.1 Å². The Morgan fingerprint density at radius 3 is 2.70 bits per heavy atom. The number of hydrogen-bond donors (Lipinski definition) is 0. The van der Waals surface area contributed by atoms with Gasteiger partial charge in [0.25, 0.3) is 0 Å². The molecule has 0 unspecified atom stereocenters.